The Balaban J connectivity index is 0.000000200. The van der Waals surface area contributed by atoms with Crippen LogP contribution in [0.3, 0.4) is 0 Å². The lowest BCUT2D eigenvalue weighted by molar-refractivity contribution is 1.50. The molecule has 0 fully saturated rings. The van der Waals surface area contributed by atoms with E-state index in [1.165, 1.54) is 206 Å². The maximum atomic E-state index is 2.33. The van der Waals surface area contributed by atoms with Gasteiger partial charge < -0.3 is 0 Å². The highest BCUT2D eigenvalue weighted by Crippen LogP contribution is 2.41. The molecule has 0 saturated carbocycles. The van der Waals surface area contributed by atoms with Crippen molar-refractivity contribution >= 4 is 151 Å². The van der Waals surface area contributed by atoms with E-state index in [4.69, 9.17) is 0 Å². The summed E-state index contributed by atoms with van der Waals surface area (Å²) >= 11 is 0. The van der Waals surface area contributed by atoms with Gasteiger partial charge >= 0.3 is 0 Å². The molecule has 0 aliphatic rings. The Morgan fingerprint density at radius 3 is 0.796 bits per heavy atom. The normalized spacial score (nSPS) is 10.2. The van der Waals surface area contributed by atoms with Gasteiger partial charge in [-0.3, -0.25) is 0 Å². The summed E-state index contributed by atoms with van der Waals surface area (Å²) in [6, 6.07) is 93.4. The predicted octanol–water partition coefficient (Wildman–Crippen LogP) is 35.2. The first-order chi connectivity index (χ1) is 52.8. The van der Waals surface area contributed by atoms with Crippen molar-refractivity contribution in [3.05, 3.63) is 310 Å². The van der Waals surface area contributed by atoms with Crippen LogP contribution in [-0.2, 0) is 0 Å². The summed E-state index contributed by atoms with van der Waals surface area (Å²) in [5, 5.41) is 38.5. The molecular formula is C108H126. The van der Waals surface area contributed by atoms with E-state index >= 15 is 0 Å². The third-order valence-corrected chi connectivity index (χ3v) is 19.7. The van der Waals surface area contributed by atoms with Gasteiger partial charge in [0.25, 0.3) is 0 Å². The summed E-state index contributed by atoms with van der Waals surface area (Å²) in [6.07, 6.45) is 0. The molecule has 0 heteroatoms. The standard InChI is InChI=1S/C20H16.3C18H14.C16H14.9C2H6/c1-13-11-19-18-10-6-4-8-16(18)14(2)12-20(19)17-9-5-3-7-15(13)17;1-11-7-13-3-5-15-9-12(2)10-16-6-4-14(8-11)17(13)18(15)16;1-11-3-5-13-8-10-16-12(2)4-6-14-7-9-15(11)17(13)18(14)16;1-11-6-7-14-10-12(2)15-5-3-4-13-8-9-16(11)18(14)17(13)15;1-11-6-5-9-15-12(2)14-8-4-3-7-13(14)10-16(11)15;9*1-2/h3-12H,1-2H3;3*3-10H,1-2H3;3-10H,1-2H3;9*1-2H3. The third kappa shape index (κ3) is 17.9. The highest BCUT2D eigenvalue weighted by atomic mass is 14.2. The van der Waals surface area contributed by atoms with Crippen LogP contribution in [0.1, 0.15) is 180 Å². The van der Waals surface area contributed by atoms with E-state index in [1.54, 1.807) is 0 Å². The molecule has 0 aliphatic heterocycles. The molecule has 0 heterocycles. The smallest absolute Gasteiger partial charge is 0.00239 e. The van der Waals surface area contributed by atoms with E-state index in [0.717, 1.165) is 0 Å². The molecule has 0 unspecified atom stereocenters. The van der Waals surface area contributed by atoms with Crippen molar-refractivity contribution in [3.8, 4) is 0 Å². The van der Waals surface area contributed by atoms with Crippen molar-refractivity contribution in [1.82, 2.24) is 0 Å². The molecule has 0 aliphatic carbocycles. The van der Waals surface area contributed by atoms with E-state index in [-0.39, 0.29) is 0 Å². The fourth-order valence-electron chi connectivity index (χ4n) is 15.2. The Kier molecular flexibility index (Phi) is 33.4. The first kappa shape index (κ1) is 86.5. The van der Waals surface area contributed by atoms with Crippen LogP contribution >= 0.6 is 0 Å². The first-order valence-corrected chi connectivity index (χ1v) is 40.9. The first-order valence-electron chi connectivity index (χ1n) is 40.9. The Hall–Kier alpha value is -10.4. The zero-order valence-electron chi connectivity index (χ0n) is 71.2. The quantitative estimate of drug-likeness (QED) is 0.105. The molecule has 558 valence electrons. The van der Waals surface area contributed by atoms with E-state index in [9.17, 15) is 0 Å². The second-order valence-electron chi connectivity index (χ2n) is 25.6. The molecule has 0 saturated heterocycles. The molecule has 0 N–H and O–H groups in total. The van der Waals surface area contributed by atoms with Gasteiger partial charge in [0, 0.05) is 0 Å². The van der Waals surface area contributed by atoms with Gasteiger partial charge in [-0.05, 0) is 282 Å². The van der Waals surface area contributed by atoms with E-state index in [1.807, 2.05) is 125 Å². The molecule has 19 rings (SSSR count). The molecule has 0 bridgehead atoms. The number of rotatable bonds is 0. The number of benzene rings is 19. The lowest BCUT2D eigenvalue weighted by atomic mass is 9.90. The van der Waals surface area contributed by atoms with Gasteiger partial charge in [0.2, 0.25) is 0 Å². The third-order valence-electron chi connectivity index (χ3n) is 19.7. The zero-order valence-corrected chi connectivity index (χ0v) is 71.2. The van der Waals surface area contributed by atoms with Crippen LogP contribution in [0, 0.1) is 69.2 Å². The van der Waals surface area contributed by atoms with Crippen molar-refractivity contribution in [2.45, 2.75) is 194 Å². The van der Waals surface area contributed by atoms with Gasteiger partial charge in [-0.25, -0.2) is 0 Å². The zero-order chi connectivity index (χ0) is 79.6. The fraction of sp³-hybridized carbons (Fsp3) is 0.259. The van der Waals surface area contributed by atoms with Gasteiger partial charge in [0.1, 0.15) is 0 Å². The van der Waals surface area contributed by atoms with Crippen molar-refractivity contribution in [2.75, 3.05) is 0 Å². The lowest BCUT2D eigenvalue weighted by Crippen LogP contribution is -1.88. The highest BCUT2D eigenvalue weighted by molar-refractivity contribution is 6.27. The Morgan fingerprint density at radius 2 is 0.389 bits per heavy atom. The maximum Gasteiger partial charge on any atom is -0.00239 e. The summed E-state index contributed by atoms with van der Waals surface area (Å²) in [5.41, 5.74) is 13.5. The Labute approximate surface area is 650 Å². The molecule has 108 heavy (non-hydrogen) atoms. The molecule has 0 radical (unpaired) electrons. The fourth-order valence-corrected chi connectivity index (χ4v) is 15.2. The van der Waals surface area contributed by atoms with Gasteiger partial charge in [-0.1, -0.05) is 373 Å². The van der Waals surface area contributed by atoms with Gasteiger partial charge in [-0.2, -0.15) is 0 Å². The minimum absolute atomic E-state index is 1.33. The lowest BCUT2D eigenvalue weighted by Gasteiger charge is -2.14. The molecule has 0 aromatic heterocycles. The number of fused-ring (bicyclic) bond motifs is 7. The summed E-state index contributed by atoms with van der Waals surface area (Å²) in [6.45, 7) is 57.9. The Morgan fingerprint density at radius 1 is 0.130 bits per heavy atom. The average Bonchev–Trinajstić information content (AvgIpc) is 0.753. The average molecular weight is 1420 g/mol. The van der Waals surface area contributed by atoms with Gasteiger partial charge in [0.15, 0.2) is 0 Å². The molecular weight excluding hydrogens is 1300 g/mol. The van der Waals surface area contributed by atoms with Crippen LogP contribution < -0.4 is 0 Å². The molecule has 19 aromatic carbocycles. The summed E-state index contributed by atoms with van der Waals surface area (Å²) < 4.78 is 0. The Bertz CT molecular complexity index is 5640. The van der Waals surface area contributed by atoms with Crippen molar-refractivity contribution in [1.29, 1.82) is 0 Å². The summed E-state index contributed by atoms with van der Waals surface area (Å²) in [7, 11) is 0. The summed E-state index contributed by atoms with van der Waals surface area (Å²) in [4.78, 5) is 0. The van der Waals surface area contributed by atoms with Gasteiger partial charge in [-0.15, -0.1) is 0 Å². The van der Waals surface area contributed by atoms with Crippen LogP contribution in [0.4, 0.5) is 0 Å². The minimum atomic E-state index is 1.33. The van der Waals surface area contributed by atoms with Crippen LogP contribution in [0.2, 0.25) is 0 Å². The predicted molar refractivity (Wildman–Crippen MR) is 500 cm³/mol. The van der Waals surface area contributed by atoms with Crippen molar-refractivity contribution < 1.29 is 0 Å². The number of hydrogen-bond donors (Lipinski definition) is 0. The number of aryl methyl sites for hydroxylation is 10. The van der Waals surface area contributed by atoms with Crippen LogP contribution in [0.15, 0.2) is 255 Å². The second kappa shape index (κ2) is 41.6. The molecule has 0 nitrogen and oxygen atoms in total. The topological polar surface area (TPSA) is 0 Å². The monoisotopic (exact) mass is 1420 g/mol. The molecule has 0 atom stereocenters. The minimum Gasteiger partial charge on any atom is -0.0683 e. The van der Waals surface area contributed by atoms with E-state index in [0.29, 0.717) is 0 Å². The van der Waals surface area contributed by atoms with Crippen LogP contribution in [-0.4, -0.2) is 0 Å². The molecule has 19 aromatic rings. The van der Waals surface area contributed by atoms with E-state index in [2.05, 4.69) is 324 Å². The molecule has 0 spiro atoms. The van der Waals surface area contributed by atoms with Crippen molar-refractivity contribution in [2.24, 2.45) is 0 Å². The second-order valence-corrected chi connectivity index (χ2v) is 25.6. The number of hydrogen-bond acceptors (Lipinski definition) is 0. The molecule has 0 amide bonds. The summed E-state index contributed by atoms with van der Waals surface area (Å²) in [5.74, 6) is 0. The SMILES string of the molecule is CC.CC.CC.CC.CC.CC.CC.CC.CC.Cc1cc2c3ccccc3c(C)cc2c2ccccc12.Cc1cc2ccc(C)c3ccc4cccc1c4c23.Cc1cc2ccc3cc(C)cc4ccc(c1)c2c34.Cc1ccc2ccc3c(C)ccc4ccc1c2c43.Cc1cccc2c(C)c3ccccc3cc12. The van der Waals surface area contributed by atoms with Gasteiger partial charge in [0.05, 0.1) is 0 Å². The largest absolute Gasteiger partial charge is 0.0683 e. The van der Waals surface area contributed by atoms with Crippen LogP contribution in [0.25, 0.3) is 151 Å². The van der Waals surface area contributed by atoms with E-state index < -0.39 is 0 Å². The maximum absolute atomic E-state index is 2.33. The van der Waals surface area contributed by atoms with Crippen molar-refractivity contribution in [3.63, 3.8) is 0 Å². The highest BCUT2D eigenvalue weighted by Gasteiger charge is 2.15. The van der Waals surface area contributed by atoms with Crippen LogP contribution in [0.5, 0.6) is 0 Å².